The zero-order valence-corrected chi connectivity index (χ0v) is 13.6. The number of para-hydroxylation sites is 1. The van der Waals surface area contributed by atoms with E-state index >= 15 is 0 Å². The third-order valence-electron chi connectivity index (χ3n) is 3.69. The third kappa shape index (κ3) is 5.03. The highest BCUT2D eigenvalue weighted by atomic mass is 19.4. The van der Waals surface area contributed by atoms with Crippen molar-refractivity contribution in [1.82, 2.24) is 5.32 Å². The largest absolute Gasteiger partial charge is 0.480 e. The molecule has 2 N–H and O–H groups in total. The maximum absolute atomic E-state index is 12.5. The number of amides is 1. The van der Waals surface area contributed by atoms with Crippen LogP contribution in [0.15, 0.2) is 48.5 Å². The summed E-state index contributed by atoms with van der Waals surface area (Å²) in [6, 6.07) is 7.20. The van der Waals surface area contributed by atoms with Gasteiger partial charge in [0.05, 0.1) is 10.5 Å². The van der Waals surface area contributed by atoms with Gasteiger partial charge in [-0.2, -0.15) is 13.2 Å². The average molecular weight is 382 g/mol. The van der Waals surface area contributed by atoms with E-state index in [1.54, 1.807) is 0 Å². The molecule has 0 unspecified atom stereocenters. The van der Waals surface area contributed by atoms with Crippen molar-refractivity contribution >= 4 is 17.6 Å². The number of carbonyl (C=O) groups is 2. The first-order valence-electron chi connectivity index (χ1n) is 7.53. The van der Waals surface area contributed by atoms with Crippen molar-refractivity contribution in [1.29, 1.82) is 0 Å². The smallest absolute Gasteiger partial charge is 0.416 e. The van der Waals surface area contributed by atoms with Gasteiger partial charge in [-0.3, -0.25) is 14.9 Å². The van der Waals surface area contributed by atoms with Crippen LogP contribution in [0.25, 0.3) is 0 Å². The Balaban J connectivity index is 2.18. The van der Waals surface area contributed by atoms with Crippen molar-refractivity contribution in [2.45, 2.75) is 18.6 Å². The molecule has 142 valence electrons. The van der Waals surface area contributed by atoms with Gasteiger partial charge in [0.2, 0.25) is 0 Å². The molecule has 0 heterocycles. The number of nitro benzene ring substituents is 1. The first kappa shape index (κ1) is 19.9. The summed E-state index contributed by atoms with van der Waals surface area (Å²) in [4.78, 5) is 33.9. The number of hydrogen-bond donors (Lipinski definition) is 2. The summed E-state index contributed by atoms with van der Waals surface area (Å²) in [5.74, 6) is -2.34. The summed E-state index contributed by atoms with van der Waals surface area (Å²) in [6.07, 6.45) is -4.93. The van der Waals surface area contributed by atoms with Crippen molar-refractivity contribution in [2.75, 3.05) is 0 Å². The highest BCUT2D eigenvalue weighted by Gasteiger charge is 2.30. The fraction of sp³-hybridized carbons (Fsp3) is 0.176. The van der Waals surface area contributed by atoms with E-state index in [0.29, 0.717) is 12.1 Å². The number of nitrogens with zero attached hydrogens (tertiary/aromatic N) is 1. The van der Waals surface area contributed by atoms with E-state index in [4.69, 9.17) is 0 Å². The Labute approximate surface area is 150 Å². The van der Waals surface area contributed by atoms with Crippen LogP contribution in [0.1, 0.15) is 21.5 Å². The summed E-state index contributed by atoms with van der Waals surface area (Å²) in [6.45, 7) is 0. The van der Waals surface area contributed by atoms with Gasteiger partial charge in [-0.15, -0.1) is 0 Å². The average Bonchev–Trinajstić information content (AvgIpc) is 2.60. The van der Waals surface area contributed by atoms with Gasteiger partial charge in [0, 0.05) is 23.6 Å². The number of carboxylic acids is 1. The predicted octanol–water partition coefficient (Wildman–Crippen LogP) is 3.04. The lowest BCUT2D eigenvalue weighted by Crippen LogP contribution is -2.42. The molecule has 2 aromatic rings. The second-order valence-electron chi connectivity index (χ2n) is 5.53. The Morgan fingerprint density at radius 2 is 1.70 bits per heavy atom. The lowest BCUT2D eigenvalue weighted by atomic mass is 10.0. The van der Waals surface area contributed by atoms with Crippen molar-refractivity contribution in [3.05, 3.63) is 75.3 Å². The number of carboxylic acid groups (broad SMARTS) is 1. The molecule has 0 fully saturated rings. The van der Waals surface area contributed by atoms with Crippen LogP contribution in [0.4, 0.5) is 18.9 Å². The third-order valence-corrected chi connectivity index (χ3v) is 3.69. The number of aliphatic carboxylic acids is 1. The van der Waals surface area contributed by atoms with Crippen molar-refractivity contribution < 1.29 is 32.8 Å². The zero-order valence-electron chi connectivity index (χ0n) is 13.6. The molecule has 0 aliphatic rings. The Hall–Kier alpha value is -3.43. The van der Waals surface area contributed by atoms with E-state index in [-0.39, 0.29) is 23.2 Å². The van der Waals surface area contributed by atoms with Gasteiger partial charge in [-0.25, -0.2) is 4.79 Å². The molecule has 10 heteroatoms. The lowest BCUT2D eigenvalue weighted by Gasteiger charge is -2.15. The predicted molar refractivity (Wildman–Crippen MR) is 87.1 cm³/mol. The van der Waals surface area contributed by atoms with E-state index in [2.05, 4.69) is 5.32 Å². The van der Waals surface area contributed by atoms with Gasteiger partial charge in [-0.05, 0) is 24.3 Å². The second-order valence-corrected chi connectivity index (χ2v) is 5.53. The minimum absolute atomic E-state index is 0.0996. The number of alkyl halides is 3. The van der Waals surface area contributed by atoms with Gasteiger partial charge in [-0.1, -0.05) is 18.2 Å². The molecule has 0 aliphatic heterocycles. The van der Waals surface area contributed by atoms with E-state index in [1.807, 2.05) is 0 Å². The number of nitrogens with one attached hydrogen (secondary N) is 1. The van der Waals surface area contributed by atoms with E-state index in [1.165, 1.54) is 24.3 Å². The van der Waals surface area contributed by atoms with E-state index < -0.39 is 34.6 Å². The number of hydrogen-bond acceptors (Lipinski definition) is 4. The van der Waals surface area contributed by atoms with Crippen LogP contribution in [-0.2, 0) is 17.4 Å². The molecule has 2 aromatic carbocycles. The summed E-state index contributed by atoms with van der Waals surface area (Å²) in [5.41, 5.74) is -1.32. The first-order chi connectivity index (χ1) is 12.6. The summed E-state index contributed by atoms with van der Waals surface area (Å²) < 4.78 is 37.6. The molecule has 0 saturated heterocycles. The standard InChI is InChI=1S/C17H13F3N2O5/c18-17(19,20)12-7-5-10(6-8-12)15(23)21-13(16(24)25)9-11-3-1-2-4-14(11)22(26)27/h1-8,13H,9H2,(H,21,23)(H,24,25)/t13-/m1/s1. The van der Waals surface area contributed by atoms with Crippen LogP contribution < -0.4 is 5.32 Å². The Kier molecular flexibility index (Phi) is 5.78. The van der Waals surface area contributed by atoms with Crippen molar-refractivity contribution in [3.8, 4) is 0 Å². The minimum Gasteiger partial charge on any atom is -0.480 e. The molecule has 0 aromatic heterocycles. The van der Waals surface area contributed by atoms with Gasteiger partial charge in [0.15, 0.2) is 0 Å². The fourth-order valence-electron chi connectivity index (χ4n) is 2.33. The van der Waals surface area contributed by atoms with Crippen LogP contribution in [0, 0.1) is 10.1 Å². The van der Waals surface area contributed by atoms with Crippen molar-refractivity contribution in [2.24, 2.45) is 0 Å². The summed E-state index contributed by atoms with van der Waals surface area (Å²) in [7, 11) is 0. The molecular weight excluding hydrogens is 369 g/mol. The van der Waals surface area contributed by atoms with E-state index in [0.717, 1.165) is 12.1 Å². The molecule has 1 atom stereocenters. The van der Waals surface area contributed by atoms with E-state index in [9.17, 15) is 38.0 Å². The second kappa shape index (κ2) is 7.85. The number of halogens is 3. The Morgan fingerprint density at radius 1 is 1.11 bits per heavy atom. The maximum Gasteiger partial charge on any atom is 0.416 e. The lowest BCUT2D eigenvalue weighted by molar-refractivity contribution is -0.385. The molecule has 0 bridgehead atoms. The Morgan fingerprint density at radius 3 is 2.22 bits per heavy atom. The van der Waals surface area contributed by atoms with Gasteiger partial charge in [0.1, 0.15) is 6.04 Å². The number of nitro groups is 1. The van der Waals surface area contributed by atoms with Crippen LogP contribution >= 0.6 is 0 Å². The van der Waals surface area contributed by atoms with Crippen LogP contribution in [0.3, 0.4) is 0 Å². The highest BCUT2D eigenvalue weighted by molar-refractivity contribution is 5.96. The minimum atomic E-state index is -4.56. The number of carbonyl (C=O) groups excluding carboxylic acids is 1. The monoisotopic (exact) mass is 382 g/mol. The fourth-order valence-corrected chi connectivity index (χ4v) is 2.33. The molecule has 0 aliphatic carbocycles. The molecular formula is C17H13F3N2O5. The van der Waals surface area contributed by atoms with Crippen LogP contribution in [-0.4, -0.2) is 27.9 Å². The SMILES string of the molecule is O=C(N[C@H](Cc1ccccc1[N+](=O)[O-])C(=O)O)c1ccc(C(F)(F)F)cc1. The zero-order chi connectivity index (χ0) is 20.2. The molecule has 1 amide bonds. The molecule has 2 rings (SSSR count). The van der Waals surface area contributed by atoms with Crippen LogP contribution in [0.2, 0.25) is 0 Å². The van der Waals surface area contributed by atoms with Gasteiger partial charge in [0.25, 0.3) is 11.6 Å². The topological polar surface area (TPSA) is 110 Å². The van der Waals surface area contributed by atoms with Gasteiger partial charge >= 0.3 is 12.1 Å². The molecule has 0 saturated carbocycles. The normalized spacial score (nSPS) is 12.3. The quantitative estimate of drug-likeness (QED) is 0.590. The number of benzene rings is 2. The first-order valence-corrected chi connectivity index (χ1v) is 7.53. The summed E-state index contributed by atoms with van der Waals surface area (Å²) >= 11 is 0. The molecule has 7 nitrogen and oxygen atoms in total. The summed E-state index contributed by atoms with van der Waals surface area (Å²) in [5, 5.41) is 22.4. The van der Waals surface area contributed by atoms with Crippen LogP contribution in [0.5, 0.6) is 0 Å². The Bertz CT molecular complexity index is 866. The molecule has 27 heavy (non-hydrogen) atoms. The maximum atomic E-state index is 12.5. The van der Waals surface area contributed by atoms with Crippen molar-refractivity contribution in [3.63, 3.8) is 0 Å². The number of rotatable bonds is 6. The molecule has 0 radical (unpaired) electrons. The highest BCUT2D eigenvalue weighted by Crippen LogP contribution is 2.29. The molecule has 0 spiro atoms. The van der Waals surface area contributed by atoms with Gasteiger partial charge < -0.3 is 10.4 Å².